The molecule has 1 saturated carbocycles. The Balaban J connectivity index is 1.44. The summed E-state index contributed by atoms with van der Waals surface area (Å²) in [6.45, 7) is 0. The number of benzene rings is 2. The number of nitrogens with zero attached hydrogens (tertiary/aromatic N) is 1. The van der Waals surface area contributed by atoms with Crippen LogP contribution in [-0.4, -0.2) is 48.6 Å². The molecule has 0 N–H and O–H groups in total. The topological polar surface area (TPSA) is 54.5 Å². The standard InChI is InChI=1S/C19H21NO3S2/c21-19(20(16-6-7-16)17-9-10-25(22,23)13-17)12-24-18-8-5-14-3-1-2-4-15(14)11-18/h1-5,8,11,16-17H,6-7,9-10,12-13H2. The Hall–Kier alpha value is -1.53. The van der Waals surface area contributed by atoms with E-state index in [1.165, 1.54) is 22.5 Å². The lowest BCUT2D eigenvalue weighted by Crippen LogP contribution is -2.43. The number of hydrogen-bond acceptors (Lipinski definition) is 4. The van der Waals surface area contributed by atoms with Crippen LogP contribution in [0, 0.1) is 0 Å². The van der Waals surface area contributed by atoms with Gasteiger partial charge in [-0.1, -0.05) is 30.3 Å². The summed E-state index contributed by atoms with van der Waals surface area (Å²) in [7, 11) is -2.97. The molecule has 25 heavy (non-hydrogen) atoms. The second kappa shape index (κ2) is 6.65. The fourth-order valence-electron chi connectivity index (χ4n) is 3.53. The van der Waals surface area contributed by atoms with Crippen molar-refractivity contribution in [1.29, 1.82) is 0 Å². The highest BCUT2D eigenvalue weighted by molar-refractivity contribution is 8.00. The normalized spacial score (nSPS) is 22.2. The van der Waals surface area contributed by atoms with E-state index in [9.17, 15) is 13.2 Å². The average molecular weight is 376 g/mol. The molecule has 1 heterocycles. The highest BCUT2D eigenvalue weighted by atomic mass is 32.2. The number of fused-ring (bicyclic) bond motifs is 1. The Morgan fingerprint density at radius 1 is 1.04 bits per heavy atom. The molecule has 2 fully saturated rings. The van der Waals surface area contributed by atoms with E-state index < -0.39 is 9.84 Å². The lowest BCUT2D eigenvalue weighted by molar-refractivity contribution is -0.130. The van der Waals surface area contributed by atoms with Crippen LogP contribution in [0.5, 0.6) is 0 Å². The van der Waals surface area contributed by atoms with Crippen LogP contribution in [0.2, 0.25) is 0 Å². The minimum atomic E-state index is -2.97. The molecule has 0 bridgehead atoms. The quantitative estimate of drug-likeness (QED) is 0.754. The highest BCUT2D eigenvalue weighted by Crippen LogP contribution is 2.33. The Bertz CT molecular complexity index is 906. The molecule has 0 aromatic heterocycles. The number of carbonyl (C=O) groups excluding carboxylic acids is 1. The second-order valence-corrected chi connectivity index (χ2v) is 10.2. The number of sulfone groups is 1. The van der Waals surface area contributed by atoms with Gasteiger partial charge in [0.15, 0.2) is 9.84 Å². The predicted octanol–water partition coefficient (Wildman–Crippen LogP) is 3.11. The first-order valence-electron chi connectivity index (χ1n) is 8.65. The van der Waals surface area contributed by atoms with E-state index in [0.29, 0.717) is 12.2 Å². The summed E-state index contributed by atoms with van der Waals surface area (Å²) >= 11 is 1.53. The largest absolute Gasteiger partial charge is 0.335 e. The summed E-state index contributed by atoms with van der Waals surface area (Å²) in [4.78, 5) is 15.7. The minimum Gasteiger partial charge on any atom is -0.335 e. The molecular weight excluding hydrogens is 354 g/mol. The first-order valence-corrected chi connectivity index (χ1v) is 11.5. The van der Waals surface area contributed by atoms with Gasteiger partial charge in [-0.05, 0) is 42.2 Å². The Morgan fingerprint density at radius 3 is 2.48 bits per heavy atom. The maximum atomic E-state index is 12.8. The van der Waals surface area contributed by atoms with Gasteiger partial charge in [0.05, 0.1) is 17.3 Å². The zero-order valence-corrected chi connectivity index (χ0v) is 15.6. The monoisotopic (exact) mass is 375 g/mol. The molecule has 2 aromatic rings. The fraction of sp³-hybridized carbons (Fsp3) is 0.421. The zero-order chi connectivity index (χ0) is 17.4. The van der Waals surface area contributed by atoms with E-state index >= 15 is 0 Å². The van der Waals surface area contributed by atoms with Crippen molar-refractivity contribution in [2.75, 3.05) is 17.3 Å². The molecular formula is C19H21NO3S2. The number of amides is 1. The summed E-state index contributed by atoms with van der Waals surface area (Å²) in [5, 5.41) is 2.36. The Labute approximate surface area is 152 Å². The molecule has 2 aliphatic rings. The maximum Gasteiger partial charge on any atom is 0.233 e. The van der Waals surface area contributed by atoms with Crippen LogP contribution in [0.25, 0.3) is 10.8 Å². The van der Waals surface area contributed by atoms with E-state index in [2.05, 4.69) is 24.3 Å². The van der Waals surface area contributed by atoms with E-state index in [4.69, 9.17) is 0 Å². The van der Waals surface area contributed by atoms with Gasteiger partial charge in [-0.2, -0.15) is 0 Å². The smallest absolute Gasteiger partial charge is 0.233 e. The Kier molecular flexibility index (Phi) is 4.50. The number of hydrogen-bond donors (Lipinski definition) is 0. The van der Waals surface area contributed by atoms with Crippen molar-refractivity contribution in [3.05, 3.63) is 42.5 Å². The summed E-state index contributed by atoms with van der Waals surface area (Å²) in [6.07, 6.45) is 2.59. The van der Waals surface area contributed by atoms with E-state index in [1.807, 2.05) is 23.1 Å². The van der Waals surface area contributed by atoms with Gasteiger partial charge in [-0.15, -0.1) is 11.8 Å². The van der Waals surface area contributed by atoms with Gasteiger partial charge in [0, 0.05) is 17.0 Å². The lowest BCUT2D eigenvalue weighted by Gasteiger charge is -2.28. The van der Waals surface area contributed by atoms with Gasteiger partial charge >= 0.3 is 0 Å². The molecule has 0 spiro atoms. The molecule has 1 atom stereocenters. The molecule has 1 saturated heterocycles. The minimum absolute atomic E-state index is 0.0720. The molecule has 4 rings (SSSR count). The number of carbonyl (C=O) groups is 1. The Morgan fingerprint density at radius 2 is 1.80 bits per heavy atom. The third-order valence-electron chi connectivity index (χ3n) is 4.91. The van der Waals surface area contributed by atoms with Gasteiger partial charge in [0.1, 0.15) is 0 Å². The van der Waals surface area contributed by atoms with Gasteiger partial charge in [-0.25, -0.2) is 8.42 Å². The molecule has 132 valence electrons. The van der Waals surface area contributed by atoms with Crippen molar-refractivity contribution in [2.45, 2.75) is 36.2 Å². The summed E-state index contributed by atoms with van der Waals surface area (Å²) in [5.41, 5.74) is 0. The zero-order valence-electron chi connectivity index (χ0n) is 13.9. The first-order chi connectivity index (χ1) is 12.0. The highest BCUT2D eigenvalue weighted by Gasteiger charge is 2.41. The van der Waals surface area contributed by atoms with Gasteiger partial charge in [-0.3, -0.25) is 4.79 Å². The molecule has 1 amide bonds. The van der Waals surface area contributed by atoms with E-state index in [1.54, 1.807) is 0 Å². The molecule has 1 aliphatic carbocycles. The van der Waals surface area contributed by atoms with Gasteiger partial charge in [0.2, 0.25) is 5.91 Å². The van der Waals surface area contributed by atoms with Crippen molar-refractivity contribution in [3.63, 3.8) is 0 Å². The molecule has 1 unspecified atom stereocenters. The van der Waals surface area contributed by atoms with Gasteiger partial charge < -0.3 is 4.90 Å². The fourth-order valence-corrected chi connectivity index (χ4v) is 6.05. The van der Waals surface area contributed by atoms with Crippen LogP contribution in [0.1, 0.15) is 19.3 Å². The van der Waals surface area contributed by atoms with Crippen LogP contribution in [-0.2, 0) is 14.6 Å². The van der Waals surface area contributed by atoms with Gasteiger partial charge in [0.25, 0.3) is 0 Å². The molecule has 0 radical (unpaired) electrons. The average Bonchev–Trinajstić information content (AvgIpc) is 3.36. The van der Waals surface area contributed by atoms with Crippen LogP contribution < -0.4 is 0 Å². The maximum absolute atomic E-state index is 12.8. The molecule has 4 nitrogen and oxygen atoms in total. The number of thioether (sulfide) groups is 1. The van der Waals surface area contributed by atoms with E-state index in [-0.39, 0.29) is 29.5 Å². The second-order valence-electron chi connectivity index (χ2n) is 6.89. The first kappa shape index (κ1) is 16.9. The van der Waals surface area contributed by atoms with Crippen molar-refractivity contribution >= 4 is 38.3 Å². The SMILES string of the molecule is O=C(CSc1ccc2ccccc2c1)N(C1CC1)C1CCS(=O)(=O)C1. The summed E-state index contributed by atoms with van der Waals surface area (Å²) < 4.78 is 23.5. The summed E-state index contributed by atoms with van der Waals surface area (Å²) in [5.74, 6) is 0.788. The third kappa shape index (κ3) is 3.85. The summed E-state index contributed by atoms with van der Waals surface area (Å²) in [6, 6.07) is 14.5. The molecule has 2 aromatic carbocycles. The molecule has 1 aliphatic heterocycles. The van der Waals surface area contributed by atoms with Crippen molar-refractivity contribution in [2.24, 2.45) is 0 Å². The lowest BCUT2D eigenvalue weighted by atomic mass is 10.1. The van der Waals surface area contributed by atoms with E-state index in [0.717, 1.165) is 17.7 Å². The van der Waals surface area contributed by atoms with Crippen molar-refractivity contribution < 1.29 is 13.2 Å². The number of rotatable bonds is 5. The third-order valence-corrected chi connectivity index (χ3v) is 7.64. The van der Waals surface area contributed by atoms with Crippen molar-refractivity contribution in [3.8, 4) is 0 Å². The van der Waals surface area contributed by atoms with Crippen LogP contribution in [0.4, 0.5) is 0 Å². The van der Waals surface area contributed by atoms with Crippen LogP contribution in [0.15, 0.2) is 47.4 Å². The molecule has 6 heteroatoms. The van der Waals surface area contributed by atoms with Crippen LogP contribution >= 0.6 is 11.8 Å². The van der Waals surface area contributed by atoms with Crippen LogP contribution in [0.3, 0.4) is 0 Å². The predicted molar refractivity (Wildman–Crippen MR) is 102 cm³/mol. The van der Waals surface area contributed by atoms with Crippen molar-refractivity contribution in [1.82, 2.24) is 4.90 Å².